The number of halogens is 1. The first kappa shape index (κ1) is 13.7. The highest BCUT2D eigenvalue weighted by Crippen LogP contribution is 2.19. The predicted octanol–water partition coefficient (Wildman–Crippen LogP) is 2.03. The molecular formula is C13H14BrN3O2. The summed E-state index contributed by atoms with van der Waals surface area (Å²) in [4.78, 5) is 23.3. The van der Waals surface area contributed by atoms with Gasteiger partial charge < -0.3 is 5.32 Å². The molecule has 19 heavy (non-hydrogen) atoms. The highest BCUT2D eigenvalue weighted by atomic mass is 79.9. The van der Waals surface area contributed by atoms with Gasteiger partial charge in [-0.25, -0.2) is 0 Å². The zero-order chi connectivity index (χ0) is 13.8. The Kier molecular flexibility index (Phi) is 4.31. The van der Waals surface area contributed by atoms with Crippen LogP contribution >= 0.6 is 15.9 Å². The molecule has 0 unspecified atom stereocenters. The molecule has 2 rings (SSSR count). The van der Waals surface area contributed by atoms with E-state index in [-0.39, 0.29) is 23.1 Å². The summed E-state index contributed by atoms with van der Waals surface area (Å²) in [5.74, 6) is 0.0600. The number of hydrogen-bond donors (Lipinski definition) is 1. The Hall–Kier alpha value is -1.69. The summed E-state index contributed by atoms with van der Waals surface area (Å²) in [7, 11) is 0. The van der Waals surface area contributed by atoms with Gasteiger partial charge in [0.25, 0.3) is 5.91 Å². The van der Waals surface area contributed by atoms with Crippen LogP contribution in [0.2, 0.25) is 0 Å². The lowest BCUT2D eigenvalue weighted by atomic mass is 10.3. The molecule has 1 N–H and O–H groups in total. The molecule has 1 aliphatic heterocycles. The number of benzene rings is 1. The van der Waals surface area contributed by atoms with E-state index in [0.717, 1.165) is 0 Å². The minimum absolute atomic E-state index is 0.115. The minimum Gasteiger partial charge on any atom is -0.311 e. The largest absolute Gasteiger partial charge is 0.311 e. The molecule has 6 heteroatoms. The fourth-order valence-corrected chi connectivity index (χ4v) is 1.79. The molecule has 0 bridgehead atoms. The number of amides is 2. The summed E-state index contributed by atoms with van der Waals surface area (Å²) in [5.41, 5.74) is 0.697. The van der Waals surface area contributed by atoms with Gasteiger partial charge >= 0.3 is 0 Å². The first-order valence-electron chi connectivity index (χ1n) is 6.02. The summed E-state index contributed by atoms with van der Waals surface area (Å²) in [6.45, 7) is 1.90. The Morgan fingerprint density at radius 1 is 1.47 bits per heavy atom. The van der Waals surface area contributed by atoms with E-state index in [1.165, 1.54) is 5.01 Å². The lowest BCUT2D eigenvalue weighted by Gasteiger charge is -2.10. The van der Waals surface area contributed by atoms with Gasteiger partial charge in [-0.15, -0.1) is 0 Å². The van der Waals surface area contributed by atoms with Crippen LogP contribution in [0.15, 0.2) is 35.4 Å². The molecule has 0 spiro atoms. The summed E-state index contributed by atoms with van der Waals surface area (Å²) in [5, 5.41) is 8.12. The van der Waals surface area contributed by atoms with Crippen molar-refractivity contribution in [3.05, 3.63) is 30.3 Å². The minimum atomic E-state index is -0.268. The Balaban J connectivity index is 2.09. The molecule has 1 heterocycles. The van der Waals surface area contributed by atoms with Gasteiger partial charge in [0.1, 0.15) is 5.84 Å². The van der Waals surface area contributed by atoms with E-state index in [1.54, 1.807) is 12.1 Å². The summed E-state index contributed by atoms with van der Waals surface area (Å²) in [6, 6.07) is 9.13. The van der Waals surface area contributed by atoms with Crippen LogP contribution in [-0.2, 0) is 9.59 Å². The highest BCUT2D eigenvalue weighted by Gasteiger charge is 2.27. The number of alkyl halides is 1. The number of hydrogen-bond acceptors (Lipinski definition) is 3. The third-order valence-electron chi connectivity index (χ3n) is 2.69. The van der Waals surface area contributed by atoms with E-state index in [9.17, 15) is 9.59 Å². The van der Waals surface area contributed by atoms with Crippen molar-refractivity contribution in [2.24, 2.45) is 5.10 Å². The second-order valence-electron chi connectivity index (χ2n) is 4.13. The number of hydrazone groups is 1. The number of nitrogens with one attached hydrogen (secondary N) is 1. The highest BCUT2D eigenvalue weighted by molar-refractivity contribution is 9.10. The van der Waals surface area contributed by atoms with Gasteiger partial charge in [-0.1, -0.05) is 41.1 Å². The van der Waals surface area contributed by atoms with Crippen LogP contribution in [0.4, 0.5) is 5.69 Å². The summed E-state index contributed by atoms with van der Waals surface area (Å²) < 4.78 is 0. The van der Waals surface area contributed by atoms with E-state index < -0.39 is 0 Å². The second kappa shape index (κ2) is 5.97. The number of anilines is 1. The number of nitrogens with zero attached hydrogens (tertiary/aromatic N) is 2. The van der Waals surface area contributed by atoms with Crippen LogP contribution in [0.5, 0.6) is 0 Å². The quantitative estimate of drug-likeness (QED) is 0.865. The van der Waals surface area contributed by atoms with E-state index in [0.29, 0.717) is 17.9 Å². The zero-order valence-electron chi connectivity index (χ0n) is 10.5. The van der Waals surface area contributed by atoms with Crippen molar-refractivity contribution in [3.8, 4) is 0 Å². The lowest BCUT2D eigenvalue weighted by molar-refractivity contribution is -0.119. The van der Waals surface area contributed by atoms with Gasteiger partial charge in [0.2, 0.25) is 5.91 Å². The number of rotatable bonds is 3. The molecular weight excluding hydrogens is 310 g/mol. The van der Waals surface area contributed by atoms with Crippen molar-refractivity contribution in [1.29, 1.82) is 0 Å². The first-order valence-corrected chi connectivity index (χ1v) is 6.93. The maximum absolute atomic E-state index is 11.9. The average Bonchev–Trinajstić information content (AvgIpc) is 2.79. The normalized spacial score (nSPS) is 16.2. The third kappa shape index (κ3) is 3.20. The van der Waals surface area contributed by atoms with Crippen LogP contribution in [0.1, 0.15) is 19.8 Å². The van der Waals surface area contributed by atoms with Crippen molar-refractivity contribution in [3.63, 3.8) is 0 Å². The fraction of sp³-hybridized carbons (Fsp3) is 0.308. The standard InChI is InChI=1S/C13H14BrN3O2/c1-2-10(14)13(19)15-11-8-12(18)17(16-11)9-6-4-3-5-7-9/h3-7,10H,2,8H2,1H3,(H,15,16,19)/t10-/m0/s1. The van der Waals surface area contributed by atoms with Crippen molar-refractivity contribution in [2.45, 2.75) is 24.6 Å². The first-order chi connectivity index (χ1) is 9.11. The van der Waals surface area contributed by atoms with Crippen LogP contribution < -0.4 is 10.3 Å². The molecule has 0 radical (unpaired) electrons. The second-order valence-corrected chi connectivity index (χ2v) is 5.23. The Morgan fingerprint density at radius 3 is 2.79 bits per heavy atom. The van der Waals surface area contributed by atoms with Gasteiger partial charge in [0.05, 0.1) is 16.9 Å². The Labute approximate surface area is 119 Å². The van der Waals surface area contributed by atoms with Crippen LogP contribution in [0, 0.1) is 0 Å². The smallest absolute Gasteiger partial charge is 0.255 e. The molecule has 0 saturated carbocycles. The number of carbonyl (C=O) groups excluding carboxylic acids is 2. The van der Waals surface area contributed by atoms with Gasteiger partial charge in [-0.3, -0.25) is 9.59 Å². The molecule has 100 valence electrons. The molecule has 2 amide bonds. The van der Waals surface area contributed by atoms with Crippen molar-refractivity contribution >= 4 is 39.3 Å². The van der Waals surface area contributed by atoms with E-state index in [2.05, 4.69) is 26.3 Å². The van der Waals surface area contributed by atoms with E-state index in [1.807, 2.05) is 25.1 Å². The molecule has 1 atom stereocenters. The molecule has 0 saturated heterocycles. The number of carbonyl (C=O) groups is 2. The van der Waals surface area contributed by atoms with Crippen LogP contribution in [0.3, 0.4) is 0 Å². The number of amidine groups is 1. The summed E-state index contributed by atoms with van der Waals surface area (Å²) >= 11 is 3.26. The summed E-state index contributed by atoms with van der Waals surface area (Å²) in [6.07, 6.45) is 0.791. The molecule has 0 aromatic heterocycles. The fourth-order valence-electron chi connectivity index (χ4n) is 1.68. The van der Waals surface area contributed by atoms with Gasteiger partial charge in [-0.2, -0.15) is 10.1 Å². The molecule has 1 aromatic rings. The SMILES string of the molecule is CC[C@H](Br)C(=O)NC1=NN(c2ccccc2)C(=O)C1. The predicted molar refractivity (Wildman–Crippen MR) is 77.1 cm³/mol. The topological polar surface area (TPSA) is 61.8 Å². The maximum Gasteiger partial charge on any atom is 0.255 e. The maximum atomic E-state index is 11.9. The monoisotopic (exact) mass is 323 g/mol. The molecule has 0 aliphatic carbocycles. The Morgan fingerprint density at radius 2 is 2.16 bits per heavy atom. The third-order valence-corrected chi connectivity index (χ3v) is 3.75. The lowest BCUT2D eigenvalue weighted by Crippen LogP contribution is -2.35. The Bertz CT molecular complexity index is 516. The van der Waals surface area contributed by atoms with Crippen LogP contribution in [0.25, 0.3) is 0 Å². The van der Waals surface area contributed by atoms with Crippen molar-refractivity contribution in [1.82, 2.24) is 5.32 Å². The molecule has 1 aliphatic rings. The van der Waals surface area contributed by atoms with Gasteiger partial charge in [0, 0.05) is 0 Å². The van der Waals surface area contributed by atoms with Crippen LogP contribution in [-0.4, -0.2) is 22.5 Å². The molecule has 0 fully saturated rings. The number of para-hydroxylation sites is 1. The van der Waals surface area contributed by atoms with Gasteiger partial charge in [-0.05, 0) is 18.6 Å². The van der Waals surface area contributed by atoms with Crippen molar-refractivity contribution < 1.29 is 9.59 Å². The zero-order valence-corrected chi connectivity index (χ0v) is 12.1. The molecule has 5 nitrogen and oxygen atoms in total. The van der Waals surface area contributed by atoms with Crippen molar-refractivity contribution in [2.75, 3.05) is 5.01 Å². The molecule has 1 aromatic carbocycles. The van der Waals surface area contributed by atoms with E-state index in [4.69, 9.17) is 0 Å². The van der Waals surface area contributed by atoms with E-state index >= 15 is 0 Å². The average molecular weight is 324 g/mol. The van der Waals surface area contributed by atoms with Gasteiger partial charge in [0.15, 0.2) is 0 Å².